The molecule has 1 unspecified atom stereocenters. The minimum absolute atomic E-state index is 0.390. The molecule has 0 radical (unpaired) electrons. The molecular weight excluding hydrogens is 298 g/mol. The number of likely N-dealkylation sites (tertiary alicyclic amines) is 1. The van der Waals surface area contributed by atoms with E-state index in [1.807, 2.05) is 18.5 Å². The second-order valence-electron chi connectivity index (χ2n) is 7.30. The molecular formula is C19H25N5. The normalized spacial score (nSPS) is 24.6. The molecule has 0 saturated carbocycles. The molecule has 4 rings (SSSR count). The zero-order valence-corrected chi connectivity index (χ0v) is 14.4. The Labute approximate surface area is 143 Å². The Morgan fingerprint density at radius 1 is 1.04 bits per heavy atom. The molecule has 2 aromatic rings. The third-order valence-electron chi connectivity index (χ3n) is 5.35. The molecule has 5 heteroatoms. The fourth-order valence-corrected chi connectivity index (χ4v) is 4.26. The van der Waals surface area contributed by atoms with Crippen molar-refractivity contribution in [1.29, 1.82) is 0 Å². The lowest BCUT2D eigenvalue weighted by Crippen LogP contribution is -2.44. The summed E-state index contributed by atoms with van der Waals surface area (Å²) in [6, 6.07) is 8.21. The van der Waals surface area contributed by atoms with Gasteiger partial charge in [0, 0.05) is 49.7 Å². The topological polar surface area (TPSA) is 45.2 Å². The van der Waals surface area contributed by atoms with Gasteiger partial charge in [-0.3, -0.25) is 9.88 Å². The van der Waals surface area contributed by atoms with Crippen molar-refractivity contribution in [2.75, 3.05) is 31.1 Å². The molecule has 0 aliphatic carbocycles. The zero-order valence-electron chi connectivity index (χ0n) is 14.4. The molecule has 5 nitrogen and oxygen atoms in total. The van der Waals surface area contributed by atoms with E-state index in [1.54, 1.807) is 0 Å². The minimum Gasteiger partial charge on any atom is -0.340 e. The number of pyridine rings is 1. The van der Waals surface area contributed by atoms with Gasteiger partial charge < -0.3 is 4.90 Å². The van der Waals surface area contributed by atoms with Crippen molar-refractivity contribution in [2.45, 2.75) is 32.7 Å². The Hall–Kier alpha value is -2.01. The molecule has 126 valence electrons. The maximum absolute atomic E-state index is 4.67. The standard InChI is InChI=1S/C19H25N5/c1-16-5-2-6-17(22-16)13-23-11-3-7-19(14-23)8-12-24(15-19)18-20-9-4-10-21-18/h2,4-6,9-10H,3,7-8,11-15H2,1H3. The molecule has 1 atom stereocenters. The summed E-state index contributed by atoms with van der Waals surface area (Å²) < 4.78 is 0. The van der Waals surface area contributed by atoms with Crippen molar-refractivity contribution < 1.29 is 0 Å². The maximum atomic E-state index is 4.67. The molecule has 0 amide bonds. The molecule has 2 aliphatic heterocycles. The Morgan fingerprint density at radius 2 is 1.92 bits per heavy atom. The largest absolute Gasteiger partial charge is 0.340 e. The van der Waals surface area contributed by atoms with Crippen LogP contribution in [0.5, 0.6) is 0 Å². The summed E-state index contributed by atoms with van der Waals surface area (Å²) in [5.41, 5.74) is 2.68. The first-order valence-electron chi connectivity index (χ1n) is 8.89. The summed E-state index contributed by atoms with van der Waals surface area (Å²) >= 11 is 0. The number of nitrogens with zero attached hydrogens (tertiary/aromatic N) is 5. The summed E-state index contributed by atoms with van der Waals surface area (Å²) in [6.45, 7) is 7.52. The van der Waals surface area contributed by atoms with E-state index in [9.17, 15) is 0 Å². The van der Waals surface area contributed by atoms with Crippen LogP contribution in [0.4, 0.5) is 5.95 Å². The van der Waals surface area contributed by atoms with Crippen LogP contribution in [0.1, 0.15) is 30.7 Å². The van der Waals surface area contributed by atoms with Gasteiger partial charge in [-0.05, 0) is 50.9 Å². The number of aromatic nitrogens is 3. The summed E-state index contributed by atoms with van der Waals surface area (Å²) in [7, 11) is 0. The number of anilines is 1. The second-order valence-corrected chi connectivity index (χ2v) is 7.30. The highest BCUT2D eigenvalue weighted by atomic mass is 15.3. The van der Waals surface area contributed by atoms with Crippen LogP contribution in [-0.4, -0.2) is 46.0 Å². The van der Waals surface area contributed by atoms with Crippen LogP contribution >= 0.6 is 0 Å². The van der Waals surface area contributed by atoms with Gasteiger partial charge in [0.25, 0.3) is 0 Å². The first-order valence-corrected chi connectivity index (χ1v) is 8.89. The Kier molecular flexibility index (Phi) is 4.19. The van der Waals surface area contributed by atoms with E-state index in [-0.39, 0.29) is 0 Å². The average molecular weight is 323 g/mol. The van der Waals surface area contributed by atoms with Crippen molar-refractivity contribution in [3.8, 4) is 0 Å². The lowest BCUT2D eigenvalue weighted by Gasteiger charge is -2.40. The first kappa shape index (κ1) is 15.5. The van der Waals surface area contributed by atoms with Crippen LogP contribution in [0.25, 0.3) is 0 Å². The van der Waals surface area contributed by atoms with Gasteiger partial charge in [0.2, 0.25) is 5.95 Å². The highest BCUT2D eigenvalue weighted by Crippen LogP contribution is 2.40. The van der Waals surface area contributed by atoms with Crippen LogP contribution in [0.3, 0.4) is 0 Å². The van der Waals surface area contributed by atoms with E-state index < -0.39 is 0 Å². The maximum Gasteiger partial charge on any atom is 0.225 e. The summed E-state index contributed by atoms with van der Waals surface area (Å²) in [5.74, 6) is 0.881. The molecule has 2 aromatic heterocycles. The van der Waals surface area contributed by atoms with E-state index in [1.165, 1.54) is 31.5 Å². The van der Waals surface area contributed by atoms with Gasteiger partial charge in [0.1, 0.15) is 0 Å². The second kappa shape index (κ2) is 6.48. The van der Waals surface area contributed by atoms with E-state index in [4.69, 9.17) is 0 Å². The van der Waals surface area contributed by atoms with E-state index >= 15 is 0 Å². The average Bonchev–Trinajstić information content (AvgIpc) is 2.99. The smallest absolute Gasteiger partial charge is 0.225 e. The fraction of sp³-hybridized carbons (Fsp3) is 0.526. The molecule has 24 heavy (non-hydrogen) atoms. The van der Waals surface area contributed by atoms with Crippen molar-refractivity contribution in [3.63, 3.8) is 0 Å². The highest BCUT2D eigenvalue weighted by Gasteiger charge is 2.42. The van der Waals surface area contributed by atoms with E-state index in [0.29, 0.717) is 5.41 Å². The third-order valence-corrected chi connectivity index (χ3v) is 5.35. The highest BCUT2D eigenvalue weighted by molar-refractivity contribution is 5.32. The predicted molar refractivity (Wildman–Crippen MR) is 94.8 cm³/mol. The molecule has 1 spiro atoms. The molecule has 4 heterocycles. The molecule has 0 aromatic carbocycles. The summed E-state index contributed by atoms with van der Waals surface area (Å²) in [4.78, 5) is 18.5. The van der Waals surface area contributed by atoms with Gasteiger partial charge in [-0.25, -0.2) is 9.97 Å². The van der Waals surface area contributed by atoms with Crippen molar-refractivity contribution in [1.82, 2.24) is 19.9 Å². The van der Waals surface area contributed by atoms with Crippen LogP contribution in [0.15, 0.2) is 36.7 Å². The minimum atomic E-state index is 0.390. The lowest BCUT2D eigenvalue weighted by molar-refractivity contribution is 0.0980. The van der Waals surface area contributed by atoms with E-state index in [2.05, 4.69) is 49.9 Å². The molecule has 2 saturated heterocycles. The van der Waals surface area contributed by atoms with Crippen LogP contribution in [0.2, 0.25) is 0 Å². The van der Waals surface area contributed by atoms with Crippen LogP contribution < -0.4 is 4.90 Å². The lowest BCUT2D eigenvalue weighted by atomic mass is 9.79. The zero-order chi connectivity index (χ0) is 16.4. The monoisotopic (exact) mass is 323 g/mol. The molecule has 0 bridgehead atoms. The van der Waals surface area contributed by atoms with Crippen molar-refractivity contribution in [2.24, 2.45) is 5.41 Å². The SMILES string of the molecule is Cc1cccc(CN2CCCC3(CCN(c4ncccn4)C3)C2)n1. The third kappa shape index (κ3) is 3.26. The Bertz CT molecular complexity index is 689. The predicted octanol–water partition coefficient (Wildman–Crippen LogP) is 2.67. The van der Waals surface area contributed by atoms with Crippen LogP contribution in [-0.2, 0) is 6.54 Å². The number of rotatable bonds is 3. The summed E-state index contributed by atoms with van der Waals surface area (Å²) in [6.07, 6.45) is 7.50. The Morgan fingerprint density at radius 3 is 2.75 bits per heavy atom. The van der Waals surface area contributed by atoms with Gasteiger partial charge in [0.05, 0.1) is 5.69 Å². The van der Waals surface area contributed by atoms with Gasteiger partial charge in [-0.15, -0.1) is 0 Å². The number of aryl methyl sites for hydroxylation is 1. The fourth-order valence-electron chi connectivity index (χ4n) is 4.26. The number of hydrogen-bond acceptors (Lipinski definition) is 5. The quantitative estimate of drug-likeness (QED) is 0.869. The van der Waals surface area contributed by atoms with E-state index in [0.717, 1.165) is 37.8 Å². The van der Waals surface area contributed by atoms with Crippen molar-refractivity contribution >= 4 is 5.95 Å². The molecule has 2 fully saturated rings. The van der Waals surface area contributed by atoms with Gasteiger partial charge in [-0.2, -0.15) is 0 Å². The summed E-state index contributed by atoms with van der Waals surface area (Å²) in [5, 5.41) is 0. The number of piperidine rings is 1. The van der Waals surface area contributed by atoms with Crippen molar-refractivity contribution in [3.05, 3.63) is 48.0 Å². The van der Waals surface area contributed by atoms with Gasteiger partial charge in [-0.1, -0.05) is 6.07 Å². The molecule has 0 N–H and O–H groups in total. The first-order chi connectivity index (χ1) is 11.7. The number of hydrogen-bond donors (Lipinski definition) is 0. The van der Waals surface area contributed by atoms with Gasteiger partial charge in [0.15, 0.2) is 0 Å². The Balaban J connectivity index is 1.43. The van der Waals surface area contributed by atoms with Gasteiger partial charge >= 0.3 is 0 Å². The van der Waals surface area contributed by atoms with Crippen LogP contribution in [0, 0.1) is 12.3 Å². The molecule has 2 aliphatic rings.